The van der Waals surface area contributed by atoms with Crippen molar-refractivity contribution in [2.75, 3.05) is 6.61 Å². The van der Waals surface area contributed by atoms with E-state index in [-0.39, 0.29) is 5.17 Å². The summed E-state index contributed by atoms with van der Waals surface area (Å²) in [5.74, 6) is -0.595. The monoisotopic (exact) mass is 225 g/mol. The molecule has 0 fully saturated rings. The van der Waals surface area contributed by atoms with Crippen LogP contribution in [0.4, 0.5) is 5.69 Å². The number of aliphatic imine (C=N–C) groups is 1. The van der Waals surface area contributed by atoms with Gasteiger partial charge in [-0.3, -0.25) is 0 Å². The van der Waals surface area contributed by atoms with Gasteiger partial charge in [-0.15, -0.1) is 0 Å². The molecule has 0 aliphatic carbocycles. The van der Waals surface area contributed by atoms with Crippen molar-refractivity contribution >= 4 is 28.4 Å². The van der Waals surface area contributed by atoms with Crippen molar-refractivity contribution in [1.82, 2.24) is 0 Å². The Labute approximate surface area is 93.7 Å². The normalized spacial score (nSPS) is 11.3. The van der Waals surface area contributed by atoms with Crippen LogP contribution in [0.2, 0.25) is 0 Å². The van der Waals surface area contributed by atoms with Gasteiger partial charge in [0.15, 0.2) is 0 Å². The molecule has 0 amide bonds. The molecule has 0 saturated heterocycles. The number of carbonyl (C=O) groups is 1. The highest BCUT2D eigenvalue weighted by molar-refractivity contribution is 6.82. The lowest BCUT2D eigenvalue weighted by molar-refractivity contribution is -0.134. The predicted octanol–water partition coefficient (Wildman–Crippen LogP) is 2.83. The fourth-order valence-electron chi connectivity index (χ4n) is 1.03. The average Bonchev–Trinajstić information content (AvgIpc) is 2.21. The van der Waals surface area contributed by atoms with Gasteiger partial charge >= 0.3 is 5.97 Å². The minimum absolute atomic E-state index is 0.147. The zero-order valence-corrected chi connectivity index (χ0v) is 9.41. The third-order valence-corrected chi connectivity index (χ3v) is 2.02. The minimum atomic E-state index is -0.595. The van der Waals surface area contributed by atoms with Crippen LogP contribution in [0.5, 0.6) is 0 Å². The van der Waals surface area contributed by atoms with Crippen molar-refractivity contribution in [3.8, 4) is 0 Å². The first kappa shape index (κ1) is 11.7. The van der Waals surface area contributed by atoms with E-state index >= 15 is 0 Å². The molecule has 0 bridgehead atoms. The van der Waals surface area contributed by atoms with E-state index in [0.717, 1.165) is 5.56 Å². The molecule has 0 aromatic heterocycles. The Bertz CT molecular complexity index is 388. The van der Waals surface area contributed by atoms with E-state index in [1.165, 1.54) is 0 Å². The molecule has 0 saturated carbocycles. The number of aryl methyl sites for hydroxylation is 1. The molecule has 0 heterocycles. The Morgan fingerprint density at radius 1 is 1.47 bits per heavy atom. The van der Waals surface area contributed by atoms with Crippen molar-refractivity contribution in [3.05, 3.63) is 29.8 Å². The van der Waals surface area contributed by atoms with Crippen LogP contribution in [-0.4, -0.2) is 17.7 Å². The molecule has 1 aromatic rings. The quantitative estimate of drug-likeness (QED) is 0.586. The summed E-state index contributed by atoms with van der Waals surface area (Å²) < 4.78 is 4.71. The summed E-state index contributed by atoms with van der Waals surface area (Å²) in [4.78, 5) is 15.2. The van der Waals surface area contributed by atoms with Crippen molar-refractivity contribution in [3.63, 3.8) is 0 Å². The second-order valence-electron chi connectivity index (χ2n) is 2.91. The Kier molecular flexibility index (Phi) is 4.31. The summed E-state index contributed by atoms with van der Waals surface area (Å²) in [5, 5.41) is -0.147. The van der Waals surface area contributed by atoms with Crippen LogP contribution < -0.4 is 0 Å². The third-order valence-electron chi connectivity index (χ3n) is 1.78. The smallest absolute Gasteiger partial charge is 0.368 e. The van der Waals surface area contributed by atoms with Crippen molar-refractivity contribution in [1.29, 1.82) is 0 Å². The summed E-state index contributed by atoms with van der Waals surface area (Å²) in [5.41, 5.74) is 1.63. The van der Waals surface area contributed by atoms with Gasteiger partial charge in [0.2, 0.25) is 5.17 Å². The van der Waals surface area contributed by atoms with Gasteiger partial charge in [0, 0.05) is 0 Å². The van der Waals surface area contributed by atoms with Crippen molar-refractivity contribution < 1.29 is 9.53 Å². The number of hydrogen-bond acceptors (Lipinski definition) is 3. The molecule has 0 spiro atoms. The van der Waals surface area contributed by atoms with Crippen LogP contribution in [0.25, 0.3) is 0 Å². The summed E-state index contributed by atoms with van der Waals surface area (Å²) in [6.45, 7) is 3.91. The van der Waals surface area contributed by atoms with Crippen LogP contribution in [0, 0.1) is 6.92 Å². The summed E-state index contributed by atoms with van der Waals surface area (Å²) in [6, 6.07) is 7.42. The molecule has 0 aliphatic heterocycles. The molecule has 3 nitrogen and oxygen atoms in total. The fraction of sp³-hybridized carbons (Fsp3) is 0.273. The summed E-state index contributed by atoms with van der Waals surface area (Å²) in [6.07, 6.45) is 0. The SMILES string of the molecule is CCOC(=O)/C(Cl)=N\c1ccccc1C. The number of hydrogen-bond donors (Lipinski definition) is 0. The van der Waals surface area contributed by atoms with E-state index in [2.05, 4.69) is 4.99 Å². The molecule has 1 rings (SSSR count). The molecule has 15 heavy (non-hydrogen) atoms. The first-order chi connectivity index (χ1) is 7.15. The van der Waals surface area contributed by atoms with Crippen molar-refractivity contribution in [2.45, 2.75) is 13.8 Å². The molecule has 4 heteroatoms. The summed E-state index contributed by atoms with van der Waals surface area (Å²) in [7, 11) is 0. The molecule has 80 valence electrons. The molecular formula is C11H12ClNO2. The zero-order valence-electron chi connectivity index (χ0n) is 8.66. The molecule has 0 aliphatic rings. The van der Waals surface area contributed by atoms with E-state index in [4.69, 9.17) is 16.3 Å². The molecule has 0 atom stereocenters. The van der Waals surface area contributed by atoms with Gasteiger partial charge in [-0.05, 0) is 25.5 Å². The predicted molar refractivity (Wildman–Crippen MR) is 60.8 cm³/mol. The minimum Gasteiger partial charge on any atom is -0.461 e. The number of nitrogens with zero attached hydrogens (tertiary/aromatic N) is 1. The van der Waals surface area contributed by atoms with Gasteiger partial charge in [-0.2, -0.15) is 0 Å². The standard InChI is InChI=1S/C11H12ClNO2/c1-3-15-11(14)10(12)13-9-7-5-4-6-8(9)2/h4-7H,3H2,1-2H3/b13-10+. The van der Waals surface area contributed by atoms with Gasteiger partial charge in [0.25, 0.3) is 0 Å². The van der Waals surface area contributed by atoms with Gasteiger partial charge in [0.1, 0.15) is 0 Å². The molecule has 0 unspecified atom stereocenters. The van der Waals surface area contributed by atoms with Crippen LogP contribution in [-0.2, 0) is 9.53 Å². The number of para-hydroxylation sites is 1. The van der Waals surface area contributed by atoms with E-state index in [1.54, 1.807) is 13.0 Å². The molecule has 0 N–H and O–H groups in total. The largest absolute Gasteiger partial charge is 0.461 e. The van der Waals surface area contributed by atoms with Gasteiger partial charge in [-0.1, -0.05) is 29.8 Å². The second kappa shape index (κ2) is 5.51. The maximum atomic E-state index is 11.2. The van der Waals surface area contributed by atoms with E-state index in [1.807, 2.05) is 25.1 Å². The maximum Gasteiger partial charge on any atom is 0.368 e. The number of esters is 1. The molecular weight excluding hydrogens is 214 g/mol. The Balaban J connectivity index is 2.88. The first-order valence-electron chi connectivity index (χ1n) is 4.62. The maximum absolute atomic E-state index is 11.2. The van der Waals surface area contributed by atoms with Crippen LogP contribution in [0.1, 0.15) is 12.5 Å². The van der Waals surface area contributed by atoms with Crippen LogP contribution in [0.3, 0.4) is 0 Å². The third kappa shape index (κ3) is 3.36. The number of halogens is 1. The second-order valence-corrected chi connectivity index (χ2v) is 3.27. The Morgan fingerprint density at radius 2 is 2.13 bits per heavy atom. The van der Waals surface area contributed by atoms with Crippen molar-refractivity contribution in [2.24, 2.45) is 4.99 Å². The first-order valence-corrected chi connectivity index (χ1v) is 5.00. The highest BCUT2D eigenvalue weighted by Crippen LogP contribution is 2.18. The highest BCUT2D eigenvalue weighted by atomic mass is 35.5. The topological polar surface area (TPSA) is 38.7 Å². The Morgan fingerprint density at radius 3 is 2.73 bits per heavy atom. The molecule has 1 aromatic carbocycles. The van der Waals surface area contributed by atoms with Crippen LogP contribution in [0.15, 0.2) is 29.3 Å². The summed E-state index contributed by atoms with van der Waals surface area (Å²) >= 11 is 5.69. The number of rotatable bonds is 3. The van der Waals surface area contributed by atoms with Crippen LogP contribution >= 0.6 is 11.6 Å². The van der Waals surface area contributed by atoms with E-state index < -0.39 is 5.97 Å². The van der Waals surface area contributed by atoms with Gasteiger partial charge in [-0.25, -0.2) is 9.79 Å². The lowest BCUT2D eigenvalue weighted by Gasteiger charge is -2.01. The van der Waals surface area contributed by atoms with Gasteiger partial charge < -0.3 is 4.74 Å². The average molecular weight is 226 g/mol. The Hall–Kier alpha value is -1.35. The molecule has 0 radical (unpaired) electrons. The lowest BCUT2D eigenvalue weighted by Crippen LogP contribution is -2.11. The lowest BCUT2D eigenvalue weighted by atomic mass is 10.2. The van der Waals surface area contributed by atoms with E-state index in [9.17, 15) is 4.79 Å². The highest BCUT2D eigenvalue weighted by Gasteiger charge is 2.09. The number of carbonyl (C=O) groups excluding carboxylic acids is 1. The van der Waals surface area contributed by atoms with E-state index in [0.29, 0.717) is 12.3 Å². The number of ether oxygens (including phenoxy) is 1. The van der Waals surface area contributed by atoms with Gasteiger partial charge in [0.05, 0.1) is 12.3 Å². The zero-order chi connectivity index (χ0) is 11.3. The fourth-order valence-corrected chi connectivity index (χ4v) is 1.18. The number of benzene rings is 1.